The van der Waals surface area contributed by atoms with Crippen LogP contribution in [0.2, 0.25) is 5.02 Å². The molecule has 2 aliphatic rings. The molecule has 1 aliphatic carbocycles. The van der Waals surface area contributed by atoms with Crippen LogP contribution in [0, 0.1) is 17.8 Å². The second-order valence-electron chi connectivity index (χ2n) is 8.01. The summed E-state index contributed by atoms with van der Waals surface area (Å²) in [6.45, 7) is 4.50. The Bertz CT molecular complexity index is 820. The van der Waals surface area contributed by atoms with Gasteiger partial charge >= 0.3 is 0 Å². The monoisotopic (exact) mass is 414 g/mol. The van der Waals surface area contributed by atoms with E-state index in [0.29, 0.717) is 10.8 Å². The van der Waals surface area contributed by atoms with Crippen LogP contribution in [0.15, 0.2) is 30.7 Å². The van der Waals surface area contributed by atoms with E-state index in [2.05, 4.69) is 30.5 Å². The molecule has 0 radical (unpaired) electrons. The van der Waals surface area contributed by atoms with Crippen molar-refractivity contribution < 1.29 is 4.79 Å². The lowest BCUT2D eigenvalue weighted by molar-refractivity contribution is -0.114. The first-order valence-corrected chi connectivity index (χ1v) is 10.7. The number of anilines is 3. The van der Waals surface area contributed by atoms with Crippen molar-refractivity contribution in [1.82, 2.24) is 15.0 Å². The molecule has 1 amide bonds. The topological polar surface area (TPSA) is 83.0 Å². The van der Waals surface area contributed by atoms with E-state index in [4.69, 9.17) is 11.6 Å². The van der Waals surface area contributed by atoms with E-state index in [1.54, 1.807) is 18.6 Å². The number of aromatic nitrogens is 3. The minimum absolute atomic E-state index is 0.107. The molecule has 7 nitrogen and oxygen atoms in total. The Labute approximate surface area is 176 Å². The number of pyridine rings is 1. The van der Waals surface area contributed by atoms with Gasteiger partial charge in [0, 0.05) is 26.6 Å². The van der Waals surface area contributed by atoms with Crippen LogP contribution in [0.25, 0.3) is 0 Å². The number of nitrogens with zero attached hydrogens (tertiary/aromatic N) is 4. The Morgan fingerprint density at radius 3 is 2.59 bits per heavy atom. The molecule has 4 rings (SSSR count). The van der Waals surface area contributed by atoms with Gasteiger partial charge in [-0.2, -0.15) is 0 Å². The quantitative estimate of drug-likeness (QED) is 0.716. The Kier molecular flexibility index (Phi) is 6.13. The molecule has 2 fully saturated rings. The van der Waals surface area contributed by atoms with Crippen molar-refractivity contribution in [2.45, 2.75) is 32.6 Å². The van der Waals surface area contributed by atoms with Crippen molar-refractivity contribution in [2.75, 3.05) is 35.2 Å². The van der Waals surface area contributed by atoms with E-state index in [-0.39, 0.29) is 5.91 Å². The van der Waals surface area contributed by atoms with Gasteiger partial charge < -0.3 is 15.5 Å². The van der Waals surface area contributed by atoms with Crippen LogP contribution in [-0.4, -0.2) is 40.5 Å². The van der Waals surface area contributed by atoms with E-state index in [0.717, 1.165) is 49.0 Å². The minimum atomic E-state index is -0.107. The zero-order chi connectivity index (χ0) is 20.2. The highest BCUT2D eigenvalue weighted by Crippen LogP contribution is 2.49. The number of rotatable bonds is 7. The third-order valence-corrected chi connectivity index (χ3v) is 6.12. The fourth-order valence-corrected chi connectivity index (χ4v) is 4.43. The number of nitrogens with one attached hydrogen (secondary N) is 2. The molecule has 2 N–H and O–H groups in total. The van der Waals surface area contributed by atoms with Crippen molar-refractivity contribution in [1.29, 1.82) is 0 Å². The van der Waals surface area contributed by atoms with Gasteiger partial charge in [-0.1, -0.05) is 11.6 Å². The van der Waals surface area contributed by atoms with Crippen molar-refractivity contribution >= 4 is 35.0 Å². The van der Waals surface area contributed by atoms with Gasteiger partial charge in [0.05, 0.1) is 29.3 Å². The number of hydrogen-bond acceptors (Lipinski definition) is 6. The molecule has 2 aromatic heterocycles. The van der Waals surface area contributed by atoms with Crippen LogP contribution in [0.1, 0.15) is 32.6 Å². The van der Waals surface area contributed by atoms with Gasteiger partial charge in [-0.25, -0.2) is 15.0 Å². The van der Waals surface area contributed by atoms with Gasteiger partial charge in [0.1, 0.15) is 5.82 Å². The zero-order valence-electron chi connectivity index (χ0n) is 16.6. The lowest BCUT2D eigenvalue weighted by Gasteiger charge is -2.32. The third kappa shape index (κ3) is 5.35. The first-order chi connectivity index (χ1) is 14.1. The normalized spacial score (nSPS) is 21.7. The Morgan fingerprint density at radius 2 is 1.93 bits per heavy atom. The molecule has 1 aliphatic heterocycles. The summed E-state index contributed by atoms with van der Waals surface area (Å²) in [4.78, 5) is 26.2. The summed E-state index contributed by atoms with van der Waals surface area (Å²) in [5.74, 6) is 3.79. The predicted molar refractivity (Wildman–Crippen MR) is 115 cm³/mol. The number of amides is 1. The number of halogens is 1. The van der Waals surface area contributed by atoms with Crippen molar-refractivity contribution in [3.05, 3.63) is 35.7 Å². The number of hydrogen-bond donors (Lipinski definition) is 2. The predicted octanol–water partition coefficient (Wildman–Crippen LogP) is 3.84. The summed E-state index contributed by atoms with van der Waals surface area (Å²) >= 11 is 5.88. The van der Waals surface area contributed by atoms with Gasteiger partial charge in [0.15, 0.2) is 0 Å². The molecule has 0 bridgehead atoms. The fourth-order valence-electron chi connectivity index (χ4n) is 4.33. The van der Waals surface area contributed by atoms with E-state index in [9.17, 15) is 4.79 Å². The largest absolute Gasteiger partial charge is 0.384 e. The van der Waals surface area contributed by atoms with Gasteiger partial charge in [-0.3, -0.25) is 4.79 Å². The molecule has 154 valence electrons. The fraction of sp³-hybridized carbons (Fsp3) is 0.524. The standard InChI is InChI=1S/C21H27ClN6O/c1-14(29)27-20-3-2-18(13-24-20)23-7-4-16-10-19(16)15-5-8-28(9-6-15)21-25-11-17(22)12-26-21/h2-3,11-13,15-16,19,23H,4-10H2,1H3,(H,24,27,29)/t16-,19-/m1/s1. The van der Waals surface area contributed by atoms with Gasteiger partial charge in [-0.15, -0.1) is 0 Å². The first-order valence-electron chi connectivity index (χ1n) is 10.3. The average Bonchev–Trinajstić information content (AvgIpc) is 3.49. The molecule has 0 unspecified atom stereocenters. The number of piperidine rings is 1. The van der Waals surface area contributed by atoms with Crippen LogP contribution in [0.3, 0.4) is 0 Å². The Morgan fingerprint density at radius 1 is 1.17 bits per heavy atom. The highest BCUT2D eigenvalue weighted by atomic mass is 35.5. The maximum Gasteiger partial charge on any atom is 0.225 e. The molecular formula is C21H27ClN6O. The van der Waals surface area contributed by atoms with Crippen LogP contribution in [0.4, 0.5) is 17.5 Å². The SMILES string of the molecule is CC(=O)Nc1ccc(NCC[C@@H]2C[C@@H]2C2CCN(c3ncc(Cl)cn3)CC2)cn1. The zero-order valence-corrected chi connectivity index (χ0v) is 17.4. The van der Waals surface area contributed by atoms with E-state index >= 15 is 0 Å². The van der Waals surface area contributed by atoms with Crippen LogP contribution >= 0.6 is 11.6 Å². The smallest absolute Gasteiger partial charge is 0.225 e. The van der Waals surface area contributed by atoms with Gasteiger partial charge in [-0.05, 0) is 55.6 Å². The van der Waals surface area contributed by atoms with Crippen LogP contribution in [-0.2, 0) is 4.79 Å². The molecule has 1 saturated heterocycles. The summed E-state index contributed by atoms with van der Waals surface area (Å²) in [6.07, 6.45) is 10.1. The average molecular weight is 415 g/mol. The van der Waals surface area contributed by atoms with E-state index in [1.165, 1.54) is 32.6 Å². The first kappa shape index (κ1) is 19.9. The number of carbonyl (C=O) groups is 1. The summed E-state index contributed by atoms with van der Waals surface area (Å²) < 4.78 is 0. The van der Waals surface area contributed by atoms with Crippen molar-refractivity contribution in [2.24, 2.45) is 17.8 Å². The Balaban J connectivity index is 1.16. The Hall–Kier alpha value is -2.41. The van der Waals surface area contributed by atoms with Crippen LogP contribution < -0.4 is 15.5 Å². The number of carbonyl (C=O) groups excluding carboxylic acids is 1. The van der Waals surface area contributed by atoms with Gasteiger partial charge in [0.25, 0.3) is 0 Å². The van der Waals surface area contributed by atoms with Crippen molar-refractivity contribution in [3.8, 4) is 0 Å². The van der Waals surface area contributed by atoms with E-state index in [1.807, 2.05) is 12.1 Å². The molecule has 8 heteroatoms. The lowest BCUT2D eigenvalue weighted by atomic mass is 9.90. The lowest BCUT2D eigenvalue weighted by Crippen LogP contribution is -2.35. The second-order valence-corrected chi connectivity index (χ2v) is 8.45. The maximum absolute atomic E-state index is 11.0. The highest BCUT2D eigenvalue weighted by molar-refractivity contribution is 6.30. The van der Waals surface area contributed by atoms with Gasteiger partial charge in [0.2, 0.25) is 11.9 Å². The highest BCUT2D eigenvalue weighted by Gasteiger charge is 2.43. The molecule has 29 heavy (non-hydrogen) atoms. The maximum atomic E-state index is 11.0. The van der Waals surface area contributed by atoms with E-state index < -0.39 is 0 Å². The van der Waals surface area contributed by atoms with Crippen molar-refractivity contribution in [3.63, 3.8) is 0 Å². The molecule has 2 atom stereocenters. The minimum Gasteiger partial charge on any atom is -0.384 e. The summed E-state index contributed by atoms with van der Waals surface area (Å²) in [5.41, 5.74) is 0.993. The molecule has 0 spiro atoms. The second kappa shape index (κ2) is 8.95. The summed E-state index contributed by atoms with van der Waals surface area (Å²) in [6, 6.07) is 3.78. The van der Waals surface area contributed by atoms with Crippen LogP contribution in [0.5, 0.6) is 0 Å². The molecule has 2 aromatic rings. The molecule has 1 saturated carbocycles. The third-order valence-electron chi connectivity index (χ3n) is 5.92. The summed E-state index contributed by atoms with van der Waals surface area (Å²) in [5, 5.41) is 6.70. The molecule has 0 aromatic carbocycles. The molecule has 3 heterocycles. The summed E-state index contributed by atoms with van der Waals surface area (Å²) in [7, 11) is 0. The molecular weight excluding hydrogens is 388 g/mol.